The second-order valence-electron chi connectivity index (χ2n) is 8.09. The summed E-state index contributed by atoms with van der Waals surface area (Å²) in [5.74, 6) is 0.845. The molecule has 1 N–H and O–H groups in total. The van der Waals surface area contributed by atoms with Gasteiger partial charge in [0.2, 0.25) is 5.78 Å². The summed E-state index contributed by atoms with van der Waals surface area (Å²) in [5.41, 5.74) is 3.07. The summed E-state index contributed by atoms with van der Waals surface area (Å²) < 4.78 is 6.04. The number of rotatable bonds is 4. The number of phenols is 1. The van der Waals surface area contributed by atoms with Crippen molar-refractivity contribution in [2.24, 2.45) is 0 Å². The molecule has 1 fully saturated rings. The fourth-order valence-corrected chi connectivity index (χ4v) is 5.13. The van der Waals surface area contributed by atoms with Gasteiger partial charge in [-0.1, -0.05) is 23.7 Å². The lowest BCUT2D eigenvalue weighted by atomic mass is 9.99. The molecular formula is C25H23ClN2O3S. The van der Waals surface area contributed by atoms with E-state index in [2.05, 4.69) is 15.9 Å². The molecule has 5 rings (SSSR count). The molecule has 0 atom stereocenters. The highest BCUT2D eigenvalue weighted by Gasteiger charge is 2.34. The number of phenolic OH excluding ortho intramolecular Hbond substituents is 1. The molecular weight excluding hydrogens is 444 g/mol. The number of benzene rings is 2. The molecule has 32 heavy (non-hydrogen) atoms. The van der Waals surface area contributed by atoms with E-state index >= 15 is 0 Å². The third-order valence-corrected chi connectivity index (χ3v) is 7.02. The zero-order valence-corrected chi connectivity index (χ0v) is 19.2. The van der Waals surface area contributed by atoms with E-state index in [1.165, 1.54) is 0 Å². The van der Waals surface area contributed by atoms with Crippen LogP contribution in [0.1, 0.15) is 26.4 Å². The molecule has 7 heteroatoms. The number of halogens is 1. The third-order valence-electron chi connectivity index (χ3n) is 5.96. The number of aryl methyl sites for hydroxylation is 1. The number of thiophene rings is 1. The van der Waals surface area contributed by atoms with Crippen molar-refractivity contribution < 1.29 is 14.6 Å². The Hall–Kier alpha value is -2.80. The van der Waals surface area contributed by atoms with E-state index in [0.717, 1.165) is 47.3 Å². The van der Waals surface area contributed by atoms with E-state index in [1.807, 2.05) is 42.6 Å². The number of ketones is 1. The molecule has 5 nitrogen and oxygen atoms in total. The Morgan fingerprint density at radius 1 is 1.16 bits per heavy atom. The number of carbonyl (C=O) groups is 1. The normalized spacial score (nSPS) is 17.6. The molecule has 3 aromatic rings. The van der Waals surface area contributed by atoms with Crippen LogP contribution < -0.4 is 9.64 Å². The van der Waals surface area contributed by atoms with Crippen LogP contribution in [-0.2, 0) is 6.54 Å². The summed E-state index contributed by atoms with van der Waals surface area (Å²) in [7, 11) is 0. The van der Waals surface area contributed by atoms with E-state index in [-0.39, 0.29) is 11.5 Å². The first kappa shape index (κ1) is 21.1. The lowest BCUT2D eigenvalue weighted by Crippen LogP contribution is -2.46. The SMILES string of the molecule is Cc1cc(O)c(CN2CCN(c3cccc(Cl)c3)CC2)c2c1C(=O)/C(=C/c1cccs1)O2. The molecule has 0 bridgehead atoms. The maximum absolute atomic E-state index is 13.0. The number of carbonyl (C=O) groups excluding carboxylic acids is 1. The van der Waals surface area contributed by atoms with Crippen LogP contribution in [0.4, 0.5) is 5.69 Å². The Kier molecular flexibility index (Phi) is 5.67. The van der Waals surface area contributed by atoms with Gasteiger partial charge in [0, 0.05) is 54.4 Å². The van der Waals surface area contributed by atoms with Crippen LogP contribution in [0.3, 0.4) is 0 Å². The maximum atomic E-state index is 13.0. The number of hydrogen-bond donors (Lipinski definition) is 1. The first-order chi connectivity index (χ1) is 15.5. The molecule has 0 spiro atoms. The number of anilines is 1. The summed E-state index contributed by atoms with van der Waals surface area (Å²) in [6.45, 7) is 5.75. The van der Waals surface area contributed by atoms with Gasteiger partial charge in [0.1, 0.15) is 11.5 Å². The zero-order valence-electron chi connectivity index (χ0n) is 17.7. The fraction of sp³-hybridized carbons (Fsp3) is 0.240. The topological polar surface area (TPSA) is 53.0 Å². The minimum absolute atomic E-state index is 0.127. The van der Waals surface area contributed by atoms with Crippen LogP contribution in [0.5, 0.6) is 11.5 Å². The predicted octanol–water partition coefficient (Wildman–Crippen LogP) is 5.35. The Bertz CT molecular complexity index is 1200. The van der Waals surface area contributed by atoms with Gasteiger partial charge in [0.05, 0.1) is 11.1 Å². The minimum Gasteiger partial charge on any atom is -0.507 e. The van der Waals surface area contributed by atoms with Crippen molar-refractivity contribution in [2.45, 2.75) is 13.5 Å². The van der Waals surface area contributed by atoms with Gasteiger partial charge in [-0.3, -0.25) is 9.69 Å². The summed E-state index contributed by atoms with van der Waals surface area (Å²) in [5, 5.41) is 13.4. The van der Waals surface area contributed by atoms with Gasteiger partial charge in [-0.15, -0.1) is 11.3 Å². The molecule has 0 unspecified atom stereocenters. The number of allylic oxidation sites excluding steroid dienone is 1. The number of ether oxygens (including phenoxy) is 1. The summed E-state index contributed by atoms with van der Waals surface area (Å²) >= 11 is 7.69. The molecule has 1 aromatic heterocycles. The van der Waals surface area contributed by atoms with Gasteiger partial charge in [-0.05, 0) is 48.2 Å². The molecule has 0 aliphatic carbocycles. The van der Waals surface area contributed by atoms with E-state index in [0.29, 0.717) is 29.2 Å². The van der Waals surface area contributed by atoms with Gasteiger partial charge in [0.25, 0.3) is 0 Å². The van der Waals surface area contributed by atoms with Crippen molar-refractivity contribution >= 4 is 40.5 Å². The Morgan fingerprint density at radius 3 is 2.69 bits per heavy atom. The standard InChI is InChI=1S/C25H23ClN2O3S/c1-16-12-21(29)20(25-23(16)24(30)22(31-25)14-19-6-3-11-32-19)15-27-7-9-28(10-8-27)18-5-2-4-17(26)13-18/h2-6,11-14,29H,7-10,15H2,1H3/b22-14-. The lowest BCUT2D eigenvalue weighted by molar-refractivity contribution is 0.101. The second-order valence-corrected chi connectivity index (χ2v) is 9.51. The summed E-state index contributed by atoms with van der Waals surface area (Å²) in [6.07, 6.45) is 1.77. The average Bonchev–Trinajstić information content (AvgIpc) is 3.40. The molecule has 1 saturated heterocycles. The van der Waals surface area contributed by atoms with Crippen LogP contribution in [0.25, 0.3) is 6.08 Å². The van der Waals surface area contributed by atoms with E-state index in [1.54, 1.807) is 23.5 Å². The van der Waals surface area contributed by atoms with Crippen molar-refractivity contribution in [1.82, 2.24) is 4.90 Å². The molecule has 0 radical (unpaired) electrons. The molecule has 164 valence electrons. The average molecular weight is 467 g/mol. The first-order valence-corrected chi connectivity index (χ1v) is 11.8. The third kappa shape index (κ3) is 4.01. The monoisotopic (exact) mass is 466 g/mol. The van der Waals surface area contributed by atoms with Gasteiger partial charge >= 0.3 is 0 Å². The highest BCUT2D eigenvalue weighted by molar-refractivity contribution is 7.10. The highest BCUT2D eigenvalue weighted by Crippen LogP contribution is 2.42. The number of hydrogen-bond acceptors (Lipinski definition) is 6. The number of Topliss-reactive ketones (excluding diaryl/α,β-unsaturated/α-hetero) is 1. The van der Waals surface area contributed by atoms with Crippen LogP contribution in [0.2, 0.25) is 5.02 Å². The molecule has 0 amide bonds. The fourth-order valence-electron chi connectivity index (χ4n) is 4.30. The number of piperazine rings is 1. The number of fused-ring (bicyclic) bond motifs is 1. The van der Waals surface area contributed by atoms with Gasteiger partial charge in [0.15, 0.2) is 5.76 Å². The summed E-state index contributed by atoms with van der Waals surface area (Å²) in [4.78, 5) is 18.6. The van der Waals surface area contributed by atoms with Crippen molar-refractivity contribution in [3.05, 3.63) is 80.2 Å². The van der Waals surface area contributed by atoms with Crippen LogP contribution in [0, 0.1) is 6.92 Å². The highest BCUT2D eigenvalue weighted by atomic mass is 35.5. The quantitative estimate of drug-likeness (QED) is 0.525. The molecule has 0 saturated carbocycles. The minimum atomic E-state index is -0.127. The lowest BCUT2D eigenvalue weighted by Gasteiger charge is -2.36. The summed E-state index contributed by atoms with van der Waals surface area (Å²) in [6, 6.07) is 13.5. The Balaban J connectivity index is 1.36. The molecule has 2 aliphatic rings. The van der Waals surface area contributed by atoms with Gasteiger partial charge < -0.3 is 14.7 Å². The first-order valence-electron chi connectivity index (χ1n) is 10.6. The molecule has 2 aliphatic heterocycles. The predicted molar refractivity (Wildman–Crippen MR) is 129 cm³/mol. The van der Waals surface area contributed by atoms with E-state index in [4.69, 9.17) is 16.3 Å². The van der Waals surface area contributed by atoms with Crippen molar-refractivity contribution in [3.63, 3.8) is 0 Å². The van der Waals surface area contributed by atoms with E-state index in [9.17, 15) is 9.90 Å². The van der Waals surface area contributed by atoms with Crippen molar-refractivity contribution in [3.8, 4) is 11.5 Å². The van der Waals surface area contributed by atoms with Gasteiger partial charge in [-0.2, -0.15) is 0 Å². The van der Waals surface area contributed by atoms with Gasteiger partial charge in [-0.25, -0.2) is 0 Å². The van der Waals surface area contributed by atoms with Crippen LogP contribution in [0.15, 0.2) is 53.6 Å². The van der Waals surface area contributed by atoms with Crippen LogP contribution >= 0.6 is 22.9 Å². The van der Waals surface area contributed by atoms with E-state index < -0.39 is 0 Å². The van der Waals surface area contributed by atoms with Crippen LogP contribution in [-0.4, -0.2) is 42.0 Å². The Morgan fingerprint density at radius 2 is 1.97 bits per heavy atom. The zero-order chi connectivity index (χ0) is 22.2. The Labute approximate surface area is 196 Å². The van der Waals surface area contributed by atoms with Crippen molar-refractivity contribution in [2.75, 3.05) is 31.1 Å². The molecule has 2 aromatic carbocycles. The number of nitrogens with zero attached hydrogens (tertiary/aromatic N) is 2. The van der Waals surface area contributed by atoms with Crippen molar-refractivity contribution in [1.29, 1.82) is 0 Å². The largest absolute Gasteiger partial charge is 0.507 e. The number of aromatic hydroxyl groups is 1. The molecule has 3 heterocycles. The maximum Gasteiger partial charge on any atom is 0.232 e. The smallest absolute Gasteiger partial charge is 0.232 e. The second kappa shape index (κ2) is 8.62.